The number of hydrogen-bond donors (Lipinski definition) is 2. The second kappa shape index (κ2) is 4.14. The predicted octanol–water partition coefficient (Wildman–Crippen LogP) is 0.886. The number of aryl methyl sites for hydroxylation is 1. The summed E-state index contributed by atoms with van der Waals surface area (Å²) < 4.78 is 1.93. The van der Waals surface area contributed by atoms with E-state index in [0.717, 1.165) is 43.9 Å². The number of piperidine rings is 1. The summed E-state index contributed by atoms with van der Waals surface area (Å²) in [7, 11) is 0. The van der Waals surface area contributed by atoms with Crippen LogP contribution in [0.2, 0.25) is 0 Å². The highest BCUT2D eigenvalue weighted by Crippen LogP contribution is 2.24. The summed E-state index contributed by atoms with van der Waals surface area (Å²) in [5.74, 6) is 2.02. The molecular weight excluding hydrogens is 202 g/mol. The predicted molar refractivity (Wildman–Crippen MR) is 60.8 cm³/mol. The molecule has 3 rings (SSSR count). The smallest absolute Gasteiger partial charge is 0.167 e. The molecule has 88 valence electrons. The standard InChI is InChI=1S/C11H19N5/c12-9-5-3-6-10-14-11(15-16(9)10)8-4-1-2-7-13-8/h8-9,13H,1-7,12H2. The molecule has 1 saturated heterocycles. The minimum Gasteiger partial charge on any atom is -0.310 e. The Morgan fingerprint density at radius 3 is 2.94 bits per heavy atom. The maximum absolute atomic E-state index is 6.03. The summed E-state index contributed by atoms with van der Waals surface area (Å²) in [6.07, 6.45) is 6.91. The van der Waals surface area contributed by atoms with E-state index in [4.69, 9.17) is 5.73 Å². The van der Waals surface area contributed by atoms with Gasteiger partial charge in [-0.3, -0.25) is 0 Å². The Kier molecular flexibility index (Phi) is 2.65. The molecule has 0 aromatic carbocycles. The van der Waals surface area contributed by atoms with Crippen molar-refractivity contribution in [2.24, 2.45) is 5.73 Å². The van der Waals surface area contributed by atoms with E-state index in [1.54, 1.807) is 0 Å². The van der Waals surface area contributed by atoms with Crippen LogP contribution in [0.25, 0.3) is 0 Å². The molecule has 0 saturated carbocycles. The number of aromatic nitrogens is 3. The minimum absolute atomic E-state index is 0.0357. The number of nitrogens with one attached hydrogen (secondary N) is 1. The molecule has 2 unspecified atom stereocenters. The van der Waals surface area contributed by atoms with Crippen LogP contribution in [0.15, 0.2) is 0 Å². The average molecular weight is 221 g/mol. The molecule has 1 aromatic heterocycles. The fourth-order valence-electron chi connectivity index (χ4n) is 2.62. The van der Waals surface area contributed by atoms with Gasteiger partial charge in [-0.05, 0) is 32.2 Å². The molecule has 2 aliphatic heterocycles. The molecule has 2 aliphatic rings. The zero-order chi connectivity index (χ0) is 11.0. The van der Waals surface area contributed by atoms with E-state index < -0.39 is 0 Å². The third-order valence-corrected chi connectivity index (χ3v) is 3.55. The quantitative estimate of drug-likeness (QED) is 0.739. The van der Waals surface area contributed by atoms with Gasteiger partial charge in [0.25, 0.3) is 0 Å². The number of hydrogen-bond acceptors (Lipinski definition) is 4. The van der Waals surface area contributed by atoms with Crippen LogP contribution >= 0.6 is 0 Å². The molecule has 3 heterocycles. The fraction of sp³-hybridized carbons (Fsp3) is 0.818. The highest BCUT2D eigenvalue weighted by atomic mass is 15.4. The zero-order valence-corrected chi connectivity index (χ0v) is 9.52. The molecule has 5 heteroatoms. The van der Waals surface area contributed by atoms with Crippen molar-refractivity contribution >= 4 is 0 Å². The van der Waals surface area contributed by atoms with Crippen molar-refractivity contribution in [1.82, 2.24) is 20.1 Å². The first-order valence-corrected chi connectivity index (χ1v) is 6.29. The van der Waals surface area contributed by atoms with Gasteiger partial charge in [0.05, 0.1) is 6.04 Å². The number of nitrogens with zero attached hydrogens (tertiary/aromatic N) is 3. The zero-order valence-electron chi connectivity index (χ0n) is 9.52. The van der Waals surface area contributed by atoms with E-state index >= 15 is 0 Å². The largest absolute Gasteiger partial charge is 0.310 e. The van der Waals surface area contributed by atoms with Gasteiger partial charge in [0.15, 0.2) is 5.82 Å². The van der Waals surface area contributed by atoms with Crippen LogP contribution in [0.3, 0.4) is 0 Å². The normalized spacial score (nSPS) is 30.1. The van der Waals surface area contributed by atoms with Gasteiger partial charge in [-0.2, -0.15) is 5.10 Å². The maximum atomic E-state index is 6.03. The van der Waals surface area contributed by atoms with Gasteiger partial charge in [-0.15, -0.1) is 0 Å². The summed E-state index contributed by atoms with van der Waals surface area (Å²) in [6, 6.07) is 0.346. The van der Waals surface area contributed by atoms with Gasteiger partial charge < -0.3 is 11.1 Å². The summed E-state index contributed by atoms with van der Waals surface area (Å²) in [5, 5.41) is 8.05. The highest BCUT2D eigenvalue weighted by molar-refractivity contribution is 5.02. The number of rotatable bonds is 1. The Balaban J connectivity index is 1.85. The summed E-state index contributed by atoms with van der Waals surface area (Å²) in [6.45, 7) is 1.08. The van der Waals surface area contributed by atoms with E-state index in [9.17, 15) is 0 Å². The van der Waals surface area contributed by atoms with E-state index in [-0.39, 0.29) is 6.17 Å². The average Bonchev–Trinajstić information content (AvgIpc) is 2.76. The molecule has 0 amide bonds. The van der Waals surface area contributed by atoms with Crippen molar-refractivity contribution in [1.29, 1.82) is 0 Å². The van der Waals surface area contributed by atoms with Crippen LogP contribution in [0.4, 0.5) is 0 Å². The molecule has 0 aliphatic carbocycles. The van der Waals surface area contributed by atoms with Crippen LogP contribution in [0.1, 0.15) is 56.0 Å². The Bertz CT molecular complexity index is 366. The third kappa shape index (κ3) is 1.74. The first-order valence-electron chi connectivity index (χ1n) is 6.29. The van der Waals surface area contributed by atoms with Crippen LogP contribution in [-0.2, 0) is 6.42 Å². The molecular formula is C11H19N5. The lowest BCUT2D eigenvalue weighted by atomic mass is 10.0. The van der Waals surface area contributed by atoms with Crippen LogP contribution < -0.4 is 11.1 Å². The molecule has 3 N–H and O–H groups in total. The van der Waals surface area contributed by atoms with Crippen LogP contribution in [0, 0.1) is 0 Å². The van der Waals surface area contributed by atoms with Crippen molar-refractivity contribution in [3.05, 3.63) is 11.6 Å². The second-order valence-electron chi connectivity index (χ2n) is 4.79. The molecule has 2 atom stereocenters. The lowest BCUT2D eigenvalue weighted by Gasteiger charge is -2.20. The van der Waals surface area contributed by atoms with Crippen LogP contribution in [-0.4, -0.2) is 21.3 Å². The Morgan fingerprint density at radius 2 is 2.19 bits per heavy atom. The molecule has 0 spiro atoms. The fourth-order valence-corrected chi connectivity index (χ4v) is 2.62. The van der Waals surface area contributed by atoms with Gasteiger partial charge >= 0.3 is 0 Å². The van der Waals surface area contributed by atoms with E-state index in [1.165, 1.54) is 12.8 Å². The third-order valence-electron chi connectivity index (χ3n) is 3.55. The first kappa shape index (κ1) is 10.2. The first-order chi connectivity index (χ1) is 7.84. The Morgan fingerprint density at radius 1 is 1.25 bits per heavy atom. The molecule has 0 radical (unpaired) electrons. The molecule has 16 heavy (non-hydrogen) atoms. The number of nitrogens with two attached hydrogens (primary N) is 1. The highest BCUT2D eigenvalue weighted by Gasteiger charge is 2.24. The number of fused-ring (bicyclic) bond motifs is 1. The van der Waals surface area contributed by atoms with E-state index in [1.807, 2.05) is 4.68 Å². The van der Waals surface area contributed by atoms with Crippen molar-refractivity contribution in [3.8, 4) is 0 Å². The molecule has 1 aromatic rings. The van der Waals surface area contributed by atoms with Crippen molar-refractivity contribution in [3.63, 3.8) is 0 Å². The molecule has 1 fully saturated rings. The molecule has 5 nitrogen and oxygen atoms in total. The second-order valence-corrected chi connectivity index (χ2v) is 4.79. The monoisotopic (exact) mass is 221 g/mol. The maximum Gasteiger partial charge on any atom is 0.167 e. The SMILES string of the molecule is NC1CCCc2nc(C3CCCCN3)nn21. The summed E-state index contributed by atoms with van der Waals surface area (Å²) >= 11 is 0. The Hall–Kier alpha value is -0.940. The van der Waals surface area contributed by atoms with Gasteiger partial charge in [-0.1, -0.05) is 6.42 Å². The minimum atomic E-state index is 0.0357. The van der Waals surface area contributed by atoms with Gasteiger partial charge in [0.2, 0.25) is 0 Å². The van der Waals surface area contributed by atoms with Gasteiger partial charge in [0.1, 0.15) is 12.0 Å². The van der Waals surface area contributed by atoms with Crippen molar-refractivity contribution < 1.29 is 0 Å². The van der Waals surface area contributed by atoms with Gasteiger partial charge in [0, 0.05) is 6.42 Å². The lowest BCUT2D eigenvalue weighted by molar-refractivity contribution is 0.362. The van der Waals surface area contributed by atoms with Crippen LogP contribution in [0.5, 0.6) is 0 Å². The van der Waals surface area contributed by atoms with E-state index in [0.29, 0.717) is 6.04 Å². The van der Waals surface area contributed by atoms with Gasteiger partial charge in [-0.25, -0.2) is 9.67 Å². The van der Waals surface area contributed by atoms with Crippen molar-refractivity contribution in [2.45, 2.75) is 50.7 Å². The Labute approximate surface area is 95.4 Å². The molecule has 0 bridgehead atoms. The van der Waals surface area contributed by atoms with Crippen molar-refractivity contribution in [2.75, 3.05) is 6.54 Å². The van der Waals surface area contributed by atoms with E-state index in [2.05, 4.69) is 15.4 Å². The summed E-state index contributed by atoms with van der Waals surface area (Å²) in [4.78, 5) is 4.63. The topological polar surface area (TPSA) is 68.8 Å². The summed E-state index contributed by atoms with van der Waals surface area (Å²) in [5.41, 5.74) is 6.03. The lowest BCUT2D eigenvalue weighted by Crippen LogP contribution is -2.28.